The van der Waals surface area contributed by atoms with Gasteiger partial charge in [-0.05, 0) is 0 Å². The Morgan fingerprint density at radius 2 is 2.29 bits per heavy atom. The zero-order valence-corrected chi connectivity index (χ0v) is 4.49. The van der Waals surface area contributed by atoms with Crippen molar-refractivity contribution >= 4 is 17.2 Å². The minimum absolute atomic E-state index is 0.513. The minimum atomic E-state index is -2.20. The second-order valence-corrected chi connectivity index (χ2v) is 1.61. The van der Waals surface area contributed by atoms with Crippen molar-refractivity contribution in [3.63, 3.8) is 0 Å². The van der Waals surface area contributed by atoms with Crippen LogP contribution in [0.15, 0.2) is 0 Å². The zero-order valence-electron chi connectivity index (χ0n) is 3.67. The van der Waals surface area contributed by atoms with Crippen LogP contribution in [0.4, 0.5) is 0 Å². The Morgan fingerprint density at radius 1 is 1.86 bits per heavy atom. The third-order valence-corrected chi connectivity index (χ3v) is 0.693. The van der Waals surface area contributed by atoms with E-state index in [1.165, 1.54) is 0 Å². The lowest BCUT2D eigenvalue weighted by molar-refractivity contribution is -0.117. The largest absolute Gasteiger partial charge is 0.289 e. The second kappa shape index (κ2) is 2.70. The Balaban J connectivity index is 3.32. The van der Waals surface area contributed by atoms with Crippen molar-refractivity contribution in [2.75, 3.05) is 0 Å². The van der Waals surface area contributed by atoms with Crippen LogP contribution in [0.3, 0.4) is 0 Å². The average Bonchev–Trinajstić information content (AvgIpc) is 1.27. The van der Waals surface area contributed by atoms with Crippen LogP contribution in [-0.2, 0) is 16.1 Å². The maximum absolute atomic E-state index is 9.79. The summed E-state index contributed by atoms with van der Waals surface area (Å²) >= 11 is -2.20. The van der Waals surface area contributed by atoms with Crippen molar-refractivity contribution < 1.29 is 13.6 Å². The molecule has 0 fully saturated rings. The van der Waals surface area contributed by atoms with E-state index < -0.39 is 17.2 Å². The summed E-state index contributed by atoms with van der Waals surface area (Å²) in [6, 6.07) is 0. The second-order valence-electron chi connectivity index (χ2n) is 0.907. The molecule has 0 aliphatic heterocycles. The molecule has 0 aliphatic carbocycles. The van der Waals surface area contributed by atoms with Gasteiger partial charge in [-0.2, -0.15) is 0 Å². The normalized spacial score (nSPS) is 12.9. The first-order chi connectivity index (χ1) is 3.13. The van der Waals surface area contributed by atoms with Crippen LogP contribution in [0, 0.1) is 0 Å². The Labute approximate surface area is 43.3 Å². The van der Waals surface area contributed by atoms with Gasteiger partial charge in [0.1, 0.15) is 0 Å². The third-order valence-electron chi connectivity index (χ3n) is 0.231. The Morgan fingerprint density at radius 3 is 2.29 bits per heavy atom. The predicted octanol–water partition coefficient (Wildman–Crippen LogP) is -0.741. The number of hydrogen-bond acceptors (Lipinski definition) is 2. The monoisotopic (exact) mass is 123 g/mol. The van der Waals surface area contributed by atoms with Gasteiger partial charge in [0.05, 0.1) is 0 Å². The zero-order chi connectivity index (χ0) is 5.86. The van der Waals surface area contributed by atoms with Crippen molar-refractivity contribution in [1.29, 1.82) is 0 Å². The summed E-state index contributed by atoms with van der Waals surface area (Å²) in [6.45, 7) is 1.16. The highest BCUT2D eigenvalue weighted by Crippen LogP contribution is 1.61. The summed E-state index contributed by atoms with van der Waals surface area (Å²) in [5.74, 6) is -0.513. The van der Waals surface area contributed by atoms with E-state index in [4.69, 9.17) is 4.55 Å². The van der Waals surface area contributed by atoms with E-state index in [-0.39, 0.29) is 0 Å². The molecule has 2 N–H and O–H groups in total. The first-order valence-corrected chi connectivity index (χ1v) is 2.61. The molecule has 1 unspecified atom stereocenters. The maximum Gasteiger partial charge on any atom is 0.261 e. The molecule has 0 radical (unpaired) electrons. The summed E-state index contributed by atoms with van der Waals surface area (Å²) in [6.07, 6.45) is 0. The molecular weight excluding hydrogens is 118 g/mol. The molecule has 0 spiro atoms. The van der Waals surface area contributed by atoms with Crippen molar-refractivity contribution in [3.05, 3.63) is 0 Å². The first kappa shape index (κ1) is 6.58. The van der Waals surface area contributed by atoms with Crippen molar-refractivity contribution in [1.82, 2.24) is 4.72 Å². The van der Waals surface area contributed by atoms with Crippen LogP contribution in [-0.4, -0.2) is 14.7 Å². The van der Waals surface area contributed by atoms with Crippen LogP contribution in [0.1, 0.15) is 6.92 Å². The molecule has 5 heteroatoms. The minimum Gasteiger partial charge on any atom is -0.289 e. The fourth-order valence-electron chi connectivity index (χ4n) is 0.123. The molecule has 42 valence electrons. The standard InChI is InChI=1S/C2H5NO3S/c1-2(4)3-7(5)6/h1H3,(H,3,4)(H,5,6). The summed E-state index contributed by atoms with van der Waals surface area (Å²) in [7, 11) is 0. The smallest absolute Gasteiger partial charge is 0.261 e. The van der Waals surface area contributed by atoms with Crippen molar-refractivity contribution in [2.24, 2.45) is 0 Å². The quantitative estimate of drug-likeness (QED) is 0.451. The van der Waals surface area contributed by atoms with E-state index in [0.717, 1.165) is 6.92 Å². The molecule has 0 saturated carbocycles. The van der Waals surface area contributed by atoms with Crippen LogP contribution >= 0.6 is 0 Å². The number of carbonyl (C=O) groups is 1. The lowest BCUT2D eigenvalue weighted by Gasteiger charge is -1.87. The van der Waals surface area contributed by atoms with Gasteiger partial charge in [-0.25, -0.2) is 4.21 Å². The first-order valence-electron chi connectivity index (χ1n) is 1.51. The van der Waals surface area contributed by atoms with Gasteiger partial charge in [0.2, 0.25) is 5.91 Å². The van der Waals surface area contributed by atoms with E-state index >= 15 is 0 Å². The summed E-state index contributed by atoms with van der Waals surface area (Å²) in [4.78, 5) is 9.79. The number of amides is 1. The van der Waals surface area contributed by atoms with Gasteiger partial charge in [-0.15, -0.1) is 0 Å². The third kappa shape index (κ3) is 5.58. The van der Waals surface area contributed by atoms with Crippen LogP contribution in [0.25, 0.3) is 0 Å². The Bertz CT molecular complexity index is 89.1. The van der Waals surface area contributed by atoms with E-state index in [0.29, 0.717) is 0 Å². The summed E-state index contributed by atoms with van der Waals surface area (Å²) < 4.78 is 19.1. The highest BCUT2D eigenvalue weighted by Gasteiger charge is 1.90. The fourth-order valence-corrected chi connectivity index (χ4v) is 0.369. The molecule has 0 aromatic rings. The average molecular weight is 123 g/mol. The van der Waals surface area contributed by atoms with Crippen LogP contribution < -0.4 is 4.72 Å². The molecule has 0 saturated heterocycles. The Hall–Kier alpha value is -0.420. The SMILES string of the molecule is CC(=O)NS(=O)O. The summed E-state index contributed by atoms with van der Waals surface area (Å²) in [5, 5.41) is 0. The Kier molecular flexibility index (Phi) is 2.54. The van der Waals surface area contributed by atoms with Gasteiger partial charge in [0.15, 0.2) is 0 Å². The van der Waals surface area contributed by atoms with E-state index in [1.807, 2.05) is 0 Å². The predicted molar refractivity (Wildman–Crippen MR) is 24.6 cm³/mol. The van der Waals surface area contributed by atoms with Gasteiger partial charge >= 0.3 is 0 Å². The van der Waals surface area contributed by atoms with E-state index in [1.54, 1.807) is 4.72 Å². The number of nitrogens with one attached hydrogen (secondary N) is 1. The molecule has 7 heavy (non-hydrogen) atoms. The van der Waals surface area contributed by atoms with Crippen molar-refractivity contribution in [3.8, 4) is 0 Å². The highest BCUT2D eigenvalue weighted by atomic mass is 32.2. The van der Waals surface area contributed by atoms with Gasteiger partial charge in [0, 0.05) is 6.92 Å². The molecule has 1 atom stereocenters. The van der Waals surface area contributed by atoms with Gasteiger partial charge in [-0.1, -0.05) is 0 Å². The molecule has 0 aromatic carbocycles. The van der Waals surface area contributed by atoms with Gasteiger partial charge in [0.25, 0.3) is 11.3 Å². The van der Waals surface area contributed by atoms with Crippen LogP contribution in [0.2, 0.25) is 0 Å². The highest BCUT2D eigenvalue weighted by molar-refractivity contribution is 7.77. The van der Waals surface area contributed by atoms with Gasteiger partial charge in [-0.3, -0.25) is 14.1 Å². The molecule has 1 amide bonds. The summed E-state index contributed by atoms with van der Waals surface area (Å²) in [5.41, 5.74) is 0. The lowest BCUT2D eigenvalue weighted by atomic mass is 10.8. The molecule has 4 nitrogen and oxygen atoms in total. The van der Waals surface area contributed by atoms with Gasteiger partial charge < -0.3 is 0 Å². The molecule has 0 aromatic heterocycles. The van der Waals surface area contributed by atoms with E-state index in [2.05, 4.69) is 0 Å². The number of rotatable bonds is 1. The molecule has 0 bridgehead atoms. The molecule has 0 heterocycles. The molecule has 0 rings (SSSR count). The van der Waals surface area contributed by atoms with E-state index in [9.17, 15) is 9.00 Å². The molecular formula is C2H5NO3S. The van der Waals surface area contributed by atoms with Crippen LogP contribution in [0.5, 0.6) is 0 Å². The lowest BCUT2D eigenvalue weighted by Crippen LogP contribution is -2.21. The van der Waals surface area contributed by atoms with Crippen molar-refractivity contribution in [2.45, 2.75) is 6.92 Å². The number of hydrogen-bond donors (Lipinski definition) is 2. The topological polar surface area (TPSA) is 66.4 Å². The number of carbonyl (C=O) groups excluding carboxylic acids is 1. The molecule has 0 aliphatic rings. The maximum atomic E-state index is 9.79. The fraction of sp³-hybridized carbons (Fsp3) is 0.500.